The Labute approximate surface area is 151 Å². The highest BCUT2D eigenvalue weighted by Gasteiger charge is 2.22. The molecule has 10 heteroatoms. The second-order valence-electron chi connectivity index (χ2n) is 6.75. The van der Waals surface area contributed by atoms with E-state index in [0.29, 0.717) is 6.54 Å². The highest BCUT2D eigenvalue weighted by molar-refractivity contribution is 5.89. The summed E-state index contributed by atoms with van der Waals surface area (Å²) in [7, 11) is 1.48. The number of ether oxygens (including phenoxy) is 1. The van der Waals surface area contributed by atoms with Crippen molar-refractivity contribution in [3.63, 3.8) is 0 Å². The maximum Gasteiger partial charge on any atom is 0.410 e. The summed E-state index contributed by atoms with van der Waals surface area (Å²) >= 11 is 0. The Morgan fingerprint density at radius 2 is 2.00 bits per heavy atom. The Morgan fingerprint density at radius 1 is 1.35 bits per heavy atom. The third-order valence-corrected chi connectivity index (χ3v) is 3.12. The number of carbonyl (C=O) groups excluding carboxylic acids is 2. The fraction of sp³-hybridized carbons (Fsp3) is 0.688. The molecule has 0 aliphatic heterocycles. The first-order chi connectivity index (χ1) is 12.0. The van der Waals surface area contributed by atoms with Gasteiger partial charge >= 0.3 is 12.1 Å². The topological polar surface area (TPSA) is 88.5 Å². The van der Waals surface area contributed by atoms with E-state index < -0.39 is 29.8 Å². The van der Waals surface area contributed by atoms with E-state index >= 15 is 0 Å². The number of amides is 3. The molecule has 0 bridgehead atoms. The molecule has 148 valence electrons. The van der Waals surface area contributed by atoms with Crippen LogP contribution in [0.25, 0.3) is 0 Å². The molecule has 8 nitrogen and oxygen atoms in total. The second-order valence-corrected chi connectivity index (χ2v) is 6.75. The SMILES string of the molecule is CCCN(CCNC(=O)Nc1cn(C)nc1C(F)F)C(=O)OC(C)(C)C. The molecule has 0 fully saturated rings. The minimum atomic E-state index is -2.79. The number of nitrogens with zero attached hydrogens (tertiary/aromatic N) is 3. The summed E-state index contributed by atoms with van der Waals surface area (Å²) in [5, 5.41) is 8.48. The number of carbonyl (C=O) groups is 2. The molecule has 26 heavy (non-hydrogen) atoms. The largest absolute Gasteiger partial charge is 0.444 e. The van der Waals surface area contributed by atoms with Crippen molar-refractivity contribution in [3.05, 3.63) is 11.9 Å². The van der Waals surface area contributed by atoms with E-state index in [0.717, 1.165) is 6.42 Å². The summed E-state index contributed by atoms with van der Waals surface area (Å²) in [4.78, 5) is 25.5. The van der Waals surface area contributed by atoms with Crippen molar-refractivity contribution in [2.24, 2.45) is 7.05 Å². The summed E-state index contributed by atoms with van der Waals surface area (Å²) in [5.41, 5.74) is -1.17. The van der Waals surface area contributed by atoms with Crippen LogP contribution < -0.4 is 10.6 Å². The predicted octanol–water partition coefficient (Wildman–Crippen LogP) is 3.13. The molecular formula is C16H27F2N5O3. The molecule has 0 spiro atoms. The zero-order valence-electron chi connectivity index (χ0n) is 15.8. The van der Waals surface area contributed by atoms with Gasteiger partial charge in [-0.1, -0.05) is 6.92 Å². The van der Waals surface area contributed by atoms with Crippen LogP contribution in [0.15, 0.2) is 6.20 Å². The number of anilines is 1. The van der Waals surface area contributed by atoms with E-state index in [4.69, 9.17) is 4.74 Å². The van der Waals surface area contributed by atoms with Crippen LogP contribution in [0.1, 0.15) is 46.2 Å². The van der Waals surface area contributed by atoms with Gasteiger partial charge in [-0.3, -0.25) is 4.68 Å². The van der Waals surface area contributed by atoms with Crippen molar-refractivity contribution in [3.8, 4) is 0 Å². The van der Waals surface area contributed by atoms with Crippen LogP contribution in [-0.4, -0.2) is 52.0 Å². The Morgan fingerprint density at radius 3 is 2.54 bits per heavy atom. The lowest BCUT2D eigenvalue weighted by Gasteiger charge is -2.27. The second kappa shape index (κ2) is 9.35. The molecule has 1 aromatic rings. The molecule has 0 aliphatic carbocycles. The van der Waals surface area contributed by atoms with E-state index in [2.05, 4.69) is 15.7 Å². The number of nitrogens with one attached hydrogen (secondary N) is 2. The van der Waals surface area contributed by atoms with E-state index in [-0.39, 0.29) is 18.8 Å². The summed E-state index contributed by atoms with van der Waals surface area (Å²) in [6.45, 7) is 8.11. The van der Waals surface area contributed by atoms with Crippen molar-refractivity contribution in [1.29, 1.82) is 0 Å². The number of aromatic nitrogens is 2. The number of alkyl halides is 2. The fourth-order valence-electron chi connectivity index (χ4n) is 2.12. The minimum Gasteiger partial charge on any atom is -0.444 e. The van der Waals surface area contributed by atoms with E-state index in [1.807, 2.05) is 6.92 Å². The molecule has 0 unspecified atom stereocenters. The number of hydrogen-bond acceptors (Lipinski definition) is 4. The molecule has 0 saturated heterocycles. The van der Waals surface area contributed by atoms with Crippen LogP contribution in [-0.2, 0) is 11.8 Å². The lowest BCUT2D eigenvalue weighted by atomic mass is 10.2. The Kier molecular flexibility index (Phi) is 7.78. The predicted molar refractivity (Wildman–Crippen MR) is 93.3 cm³/mol. The van der Waals surface area contributed by atoms with Gasteiger partial charge in [-0.05, 0) is 27.2 Å². The van der Waals surface area contributed by atoms with Gasteiger partial charge in [0.2, 0.25) is 0 Å². The first-order valence-corrected chi connectivity index (χ1v) is 8.38. The maximum absolute atomic E-state index is 12.9. The zero-order valence-corrected chi connectivity index (χ0v) is 15.8. The van der Waals surface area contributed by atoms with Gasteiger partial charge in [-0.15, -0.1) is 0 Å². The van der Waals surface area contributed by atoms with E-state index in [1.165, 1.54) is 22.8 Å². The van der Waals surface area contributed by atoms with E-state index in [9.17, 15) is 18.4 Å². The van der Waals surface area contributed by atoms with Crippen molar-refractivity contribution in [2.45, 2.75) is 46.1 Å². The summed E-state index contributed by atoms with van der Waals surface area (Å²) in [6.07, 6.45) is -1.23. The average molecular weight is 375 g/mol. The number of hydrogen-bond donors (Lipinski definition) is 2. The number of rotatable bonds is 7. The zero-order chi connectivity index (χ0) is 19.9. The number of aryl methyl sites for hydroxylation is 1. The third kappa shape index (κ3) is 7.24. The number of urea groups is 1. The molecule has 0 aromatic carbocycles. The van der Waals surface area contributed by atoms with Crippen LogP contribution in [0.4, 0.5) is 24.1 Å². The summed E-state index contributed by atoms with van der Waals surface area (Å²) < 4.78 is 32.2. The Balaban J connectivity index is 2.54. The van der Waals surface area contributed by atoms with Crippen molar-refractivity contribution in [1.82, 2.24) is 20.0 Å². The highest BCUT2D eigenvalue weighted by atomic mass is 19.3. The van der Waals surface area contributed by atoms with Crippen molar-refractivity contribution < 1.29 is 23.1 Å². The van der Waals surface area contributed by atoms with Gasteiger partial charge in [0.25, 0.3) is 6.43 Å². The quantitative estimate of drug-likeness (QED) is 0.766. The smallest absolute Gasteiger partial charge is 0.410 e. The lowest BCUT2D eigenvalue weighted by Crippen LogP contribution is -2.42. The summed E-state index contributed by atoms with van der Waals surface area (Å²) in [5.74, 6) is 0. The van der Waals surface area contributed by atoms with Crippen LogP contribution in [0.5, 0.6) is 0 Å². The molecule has 1 rings (SSSR count). The van der Waals surface area contributed by atoms with Crippen LogP contribution in [0.3, 0.4) is 0 Å². The molecule has 2 N–H and O–H groups in total. The maximum atomic E-state index is 12.9. The molecule has 0 atom stereocenters. The van der Waals surface area contributed by atoms with Gasteiger partial charge in [0, 0.05) is 32.9 Å². The molecule has 3 amide bonds. The normalized spacial score (nSPS) is 11.4. The van der Waals surface area contributed by atoms with Crippen LogP contribution in [0.2, 0.25) is 0 Å². The molecule has 1 aromatic heterocycles. The Hall–Kier alpha value is -2.39. The van der Waals surface area contributed by atoms with Gasteiger partial charge in [0.05, 0.1) is 5.69 Å². The van der Waals surface area contributed by atoms with Gasteiger partial charge in [0.1, 0.15) is 5.60 Å². The Bertz CT molecular complexity index is 614. The molecule has 1 heterocycles. The van der Waals surface area contributed by atoms with Gasteiger partial charge in [0.15, 0.2) is 5.69 Å². The first kappa shape index (κ1) is 21.7. The molecule has 0 radical (unpaired) electrons. The standard InChI is InChI=1S/C16H27F2N5O3/c1-6-8-23(15(25)26-16(2,3)4)9-7-19-14(24)20-11-10-22(5)21-12(11)13(17)18/h10,13H,6-9H2,1-5H3,(H2,19,20,24). The van der Waals surface area contributed by atoms with Crippen molar-refractivity contribution >= 4 is 17.8 Å². The van der Waals surface area contributed by atoms with Crippen LogP contribution >= 0.6 is 0 Å². The fourth-order valence-corrected chi connectivity index (χ4v) is 2.12. The first-order valence-electron chi connectivity index (χ1n) is 8.38. The van der Waals surface area contributed by atoms with Crippen molar-refractivity contribution in [2.75, 3.05) is 25.0 Å². The molecule has 0 saturated carbocycles. The van der Waals surface area contributed by atoms with Gasteiger partial charge in [-0.25, -0.2) is 18.4 Å². The third-order valence-electron chi connectivity index (χ3n) is 3.12. The highest BCUT2D eigenvalue weighted by Crippen LogP contribution is 2.24. The van der Waals surface area contributed by atoms with Crippen LogP contribution in [0, 0.1) is 0 Å². The van der Waals surface area contributed by atoms with Gasteiger partial charge in [-0.2, -0.15) is 5.10 Å². The average Bonchev–Trinajstić information content (AvgIpc) is 2.85. The molecular weight excluding hydrogens is 348 g/mol. The lowest BCUT2D eigenvalue weighted by molar-refractivity contribution is 0.0253. The minimum absolute atomic E-state index is 0.0578. The van der Waals surface area contributed by atoms with E-state index in [1.54, 1.807) is 20.8 Å². The monoisotopic (exact) mass is 375 g/mol. The number of halogens is 2. The summed E-state index contributed by atoms with van der Waals surface area (Å²) in [6, 6.07) is -0.652. The van der Waals surface area contributed by atoms with Gasteiger partial charge < -0.3 is 20.3 Å². The molecule has 0 aliphatic rings.